The zero-order chi connectivity index (χ0) is 19.1. The van der Waals surface area contributed by atoms with Crippen LogP contribution in [0.1, 0.15) is 49.3 Å². The number of amides is 1. The molecule has 2 atom stereocenters. The van der Waals surface area contributed by atoms with Crippen molar-refractivity contribution < 1.29 is 9.53 Å². The van der Waals surface area contributed by atoms with E-state index < -0.39 is 0 Å². The zero-order valence-electron chi connectivity index (χ0n) is 16.4. The van der Waals surface area contributed by atoms with Gasteiger partial charge in [0.05, 0.1) is 19.1 Å². The molecule has 1 saturated heterocycles. The summed E-state index contributed by atoms with van der Waals surface area (Å²) in [6, 6.07) is 18.4. The summed E-state index contributed by atoms with van der Waals surface area (Å²) >= 11 is 0. The van der Waals surface area contributed by atoms with Crippen molar-refractivity contribution in [2.45, 2.75) is 38.1 Å². The van der Waals surface area contributed by atoms with Crippen LogP contribution in [0.3, 0.4) is 0 Å². The molecule has 1 amide bonds. The standard InChI is InChI=1S/C23H30N2O2/c1-3-21(18-10-5-4-6-11-18)23(26)24-17-22(25-14-7-8-15-25)19-12-9-13-20(16-19)27-2/h4-6,9-13,16,21-22H,3,7-8,14-15,17H2,1-2H3,(H,24,26)/t21-,22-/m1/s1. The van der Waals surface area contributed by atoms with Crippen molar-refractivity contribution in [3.05, 3.63) is 65.7 Å². The van der Waals surface area contributed by atoms with Gasteiger partial charge in [-0.1, -0.05) is 49.4 Å². The van der Waals surface area contributed by atoms with E-state index >= 15 is 0 Å². The molecule has 1 heterocycles. The average molecular weight is 367 g/mol. The summed E-state index contributed by atoms with van der Waals surface area (Å²) in [6.07, 6.45) is 3.23. The fraction of sp³-hybridized carbons (Fsp3) is 0.435. The molecule has 0 aliphatic carbocycles. The molecule has 3 rings (SSSR count). The van der Waals surface area contributed by atoms with E-state index in [2.05, 4.69) is 29.3 Å². The summed E-state index contributed by atoms with van der Waals surface area (Å²) in [5, 5.41) is 3.22. The lowest BCUT2D eigenvalue weighted by Crippen LogP contribution is -2.38. The van der Waals surface area contributed by atoms with Crippen LogP contribution < -0.4 is 10.1 Å². The molecule has 4 heteroatoms. The summed E-state index contributed by atoms with van der Waals surface area (Å²) in [5.41, 5.74) is 2.28. The van der Waals surface area contributed by atoms with Crippen molar-refractivity contribution in [3.63, 3.8) is 0 Å². The maximum atomic E-state index is 12.9. The van der Waals surface area contributed by atoms with Crippen LogP contribution in [-0.4, -0.2) is 37.6 Å². The molecule has 144 valence electrons. The molecule has 0 aromatic heterocycles. The number of carbonyl (C=O) groups is 1. The number of nitrogens with one attached hydrogen (secondary N) is 1. The Bertz CT molecular complexity index is 726. The second kappa shape index (κ2) is 9.56. The monoisotopic (exact) mass is 366 g/mol. The third-order valence-electron chi connectivity index (χ3n) is 5.46. The van der Waals surface area contributed by atoms with Gasteiger partial charge in [0.2, 0.25) is 5.91 Å². The number of rotatable bonds is 8. The highest BCUT2D eigenvalue weighted by Gasteiger charge is 2.26. The summed E-state index contributed by atoms with van der Waals surface area (Å²) in [6.45, 7) is 4.84. The Morgan fingerprint density at radius 3 is 2.44 bits per heavy atom. The number of likely N-dealkylation sites (tertiary alicyclic amines) is 1. The summed E-state index contributed by atoms with van der Waals surface area (Å²) in [4.78, 5) is 15.4. The number of nitrogens with zero attached hydrogens (tertiary/aromatic N) is 1. The average Bonchev–Trinajstić information content (AvgIpc) is 3.24. The zero-order valence-corrected chi connectivity index (χ0v) is 16.4. The van der Waals surface area contributed by atoms with Gasteiger partial charge in [0.1, 0.15) is 5.75 Å². The van der Waals surface area contributed by atoms with Crippen molar-refractivity contribution >= 4 is 5.91 Å². The third-order valence-corrected chi connectivity index (χ3v) is 5.46. The van der Waals surface area contributed by atoms with Gasteiger partial charge < -0.3 is 10.1 Å². The Labute approximate surface area is 162 Å². The predicted octanol–water partition coefficient (Wildman–Crippen LogP) is 4.14. The molecule has 0 radical (unpaired) electrons. The van der Waals surface area contributed by atoms with E-state index in [4.69, 9.17) is 4.74 Å². The molecule has 0 spiro atoms. The number of methoxy groups -OCH3 is 1. The minimum atomic E-state index is -0.101. The molecule has 0 saturated carbocycles. The van der Waals surface area contributed by atoms with Crippen LogP contribution in [0.2, 0.25) is 0 Å². The van der Waals surface area contributed by atoms with Crippen LogP contribution in [-0.2, 0) is 4.79 Å². The van der Waals surface area contributed by atoms with Crippen LogP contribution in [0.15, 0.2) is 54.6 Å². The molecule has 0 bridgehead atoms. The number of carbonyl (C=O) groups excluding carboxylic acids is 1. The fourth-order valence-electron chi connectivity index (χ4n) is 3.94. The number of hydrogen-bond acceptors (Lipinski definition) is 3. The Morgan fingerprint density at radius 1 is 1.07 bits per heavy atom. The number of benzene rings is 2. The molecule has 1 N–H and O–H groups in total. The molecule has 1 aliphatic heterocycles. The summed E-state index contributed by atoms with van der Waals surface area (Å²) < 4.78 is 5.40. The largest absolute Gasteiger partial charge is 0.497 e. The smallest absolute Gasteiger partial charge is 0.227 e. The highest BCUT2D eigenvalue weighted by molar-refractivity contribution is 5.83. The van der Waals surface area contributed by atoms with Gasteiger partial charge >= 0.3 is 0 Å². The maximum Gasteiger partial charge on any atom is 0.227 e. The SMILES string of the molecule is CC[C@@H](C(=O)NC[C@H](c1cccc(OC)c1)N1CCCC1)c1ccccc1. The quantitative estimate of drug-likeness (QED) is 0.763. The lowest BCUT2D eigenvalue weighted by atomic mass is 9.95. The highest BCUT2D eigenvalue weighted by atomic mass is 16.5. The topological polar surface area (TPSA) is 41.6 Å². The van der Waals surface area contributed by atoms with Gasteiger partial charge in [0, 0.05) is 6.54 Å². The Morgan fingerprint density at radius 2 is 1.78 bits per heavy atom. The fourth-order valence-corrected chi connectivity index (χ4v) is 3.94. The number of ether oxygens (including phenoxy) is 1. The van der Waals surface area contributed by atoms with Gasteiger partial charge in [-0.3, -0.25) is 9.69 Å². The first-order chi connectivity index (χ1) is 13.2. The van der Waals surface area contributed by atoms with Gasteiger partial charge in [-0.25, -0.2) is 0 Å². The van der Waals surface area contributed by atoms with E-state index in [0.717, 1.165) is 30.8 Å². The molecule has 1 fully saturated rings. The number of hydrogen-bond donors (Lipinski definition) is 1. The molecule has 27 heavy (non-hydrogen) atoms. The minimum Gasteiger partial charge on any atom is -0.497 e. The molecule has 2 aromatic carbocycles. The molecular weight excluding hydrogens is 336 g/mol. The van der Waals surface area contributed by atoms with E-state index in [9.17, 15) is 4.79 Å². The van der Waals surface area contributed by atoms with E-state index in [1.807, 2.05) is 42.5 Å². The third kappa shape index (κ3) is 4.89. The maximum absolute atomic E-state index is 12.9. The van der Waals surface area contributed by atoms with Crippen molar-refractivity contribution in [2.75, 3.05) is 26.7 Å². The van der Waals surface area contributed by atoms with Crippen molar-refractivity contribution in [1.29, 1.82) is 0 Å². The van der Waals surface area contributed by atoms with E-state index in [1.54, 1.807) is 7.11 Å². The van der Waals surface area contributed by atoms with Gasteiger partial charge in [-0.2, -0.15) is 0 Å². The van der Waals surface area contributed by atoms with Gasteiger partial charge in [-0.05, 0) is 55.6 Å². The second-order valence-electron chi connectivity index (χ2n) is 7.15. The van der Waals surface area contributed by atoms with Crippen LogP contribution in [0, 0.1) is 0 Å². The van der Waals surface area contributed by atoms with E-state index in [0.29, 0.717) is 6.54 Å². The Hall–Kier alpha value is -2.33. The molecule has 0 unspecified atom stereocenters. The first-order valence-corrected chi connectivity index (χ1v) is 9.93. The lowest BCUT2D eigenvalue weighted by Gasteiger charge is -2.29. The first-order valence-electron chi connectivity index (χ1n) is 9.93. The minimum absolute atomic E-state index is 0.101. The Balaban J connectivity index is 1.73. The molecule has 4 nitrogen and oxygen atoms in total. The van der Waals surface area contributed by atoms with Crippen LogP contribution in [0.4, 0.5) is 0 Å². The lowest BCUT2D eigenvalue weighted by molar-refractivity contribution is -0.122. The summed E-state index contributed by atoms with van der Waals surface area (Å²) in [7, 11) is 1.69. The van der Waals surface area contributed by atoms with Crippen molar-refractivity contribution in [3.8, 4) is 5.75 Å². The molecule has 2 aromatic rings. The first kappa shape index (κ1) is 19.4. The van der Waals surface area contributed by atoms with Gasteiger partial charge in [-0.15, -0.1) is 0 Å². The van der Waals surface area contributed by atoms with E-state index in [-0.39, 0.29) is 17.9 Å². The van der Waals surface area contributed by atoms with Crippen molar-refractivity contribution in [1.82, 2.24) is 10.2 Å². The summed E-state index contributed by atoms with van der Waals surface area (Å²) in [5.74, 6) is 0.866. The normalized spacial score (nSPS) is 16.7. The Kier molecular flexibility index (Phi) is 6.88. The second-order valence-corrected chi connectivity index (χ2v) is 7.15. The van der Waals surface area contributed by atoms with Gasteiger partial charge in [0.15, 0.2) is 0 Å². The van der Waals surface area contributed by atoms with E-state index in [1.165, 1.54) is 18.4 Å². The van der Waals surface area contributed by atoms with Gasteiger partial charge in [0.25, 0.3) is 0 Å². The van der Waals surface area contributed by atoms with Crippen LogP contribution in [0.25, 0.3) is 0 Å². The molecular formula is C23H30N2O2. The highest BCUT2D eigenvalue weighted by Crippen LogP contribution is 2.27. The predicted molar refractivity (Wildman–Crippen MR) is 109 cm³/mol. The van der Waals surface area contributed by atoms with Crippen LogP contribution in [0.5, 0.6) is 5.75 Å². The van der Waals surface area contributed by atoms with Crippen LogP contribution >= 0.6 is 0 Å². The molecule has 1 aliphatic rings. The van der Waals surface area contributed by atoms with Crippen molar-refractivity contribution in [2.24, 2.45) is 0 Å².